The van der Waals surface area contributed by atoms with E-state index >= 15 is 0 Å². The number of nitrogens with one attached hydrogen (secondary N) is 1. The Morgan fingerprint density at radius 3 is 2.00 bits per heavy atom. The van der Waals surface area contributed by atoms with Crippen LogP contribution in [0.1, 0.15) is 44.1 Å². The Bertz CT molecular complexity index is 876. The smallest absolute Gasteiger partial charge is 0.250 e. The molecule has 30 heavy (non-hydrogen) atoms. The summed E-state index contributed by atoms with van der Waals surface area (Å²) < 4.78 is 0. The predicted octanol–water partition coefficient (Wildman–Crippen LogP) is 4.31. The average molecular weight is 450 g/mol. The third-order valence-electron chi connectivity index (χ3n) is 5.32. The maximum absolute atomic E-state index is 10.1. The normalized spacial score (nSPS) is 17.5. The Morgan fingerprint density at radius 2 is 1.43 bits per heavy atom. The van der Waals surface area contributed by atoms with E-state index < -0.39 is 0 Å². The molecule has 3 heterocycles. The number of piperidine rings is 2. The van der Waals surface area contributed by atoms with Gasteiger partial charge < -0.3 is 14.9 Å². The quantitative estimate of drug-likeness (QED) is 0.518. The van der Waals surface area contributed by atoms with Gasteiger partial charge in [-0.05, 0) is 50.7 Å². The highest BCUT2D eigenvalue weighted by atomic mass is 35.5. The van der Waals surface area contributed by atoms with E-state index in [2.05, 4.69) is 30.3 Å². The number of phenolic OH excluding ortho intramolecular Hbond substituents is 1. The molecule has 2 fully saturated rings. The van der Waals surface area contributed by atoms with Crippen molar-refractivity contribution < 1.29 is 5.11 Å². The number of phenols is 1. The van der Waals surface area contributed by atoms with Crippen LogP contribution in [0.15, 0.2) is 17.2 Å². The highest BCUT2D eigenvalue weighted by molar-refractivity contribution is 6.36. The van der Waals surface area contributed by atoms with Gasteiger partial charge in [0.2, 0.25) is 17.8 Å². The maximum Gasteiger partial charge on any atom is 0.250 e. The lowest BCUT2D eigenvalue weighted by molar-refractivity contribution is 0.475. The third kappa shape index (κ3) is 5.05. The molecule has 4 rings (SSSR count). The van der Waals surface area contributed by atoms with Gasteiger partial charge in [0.1, 0.15) is 5.75 Å². The van der Waals surface area contributed by atoms with E-state index in [1.807, 2.05) is 0 Å². The molecule has 0 aliphatic carbocycles. The minimum atomic E-state index is -0.0784. The van der Waals surface area contributed by atoms with E-state index in [1.165, 1.54) is 25.1 Å². The van der Waals surface area contributed by atoms with Crippen molar-refractivity contribution in [1.29, 1.82) is 0 Å². The minimum absolute atomic E-state index is 0.0784. The Hall–Kier alpha value is -2.32. The molecular formula is C20H25Cl2N7O. The molecule has 0 spiro atoms. The van der Waals surface area contributed by atoms with E-state index in [4.69, 9.17) is 28.2 Å². The highest BCUT2D eigenvalue weighted by Crippen LogP contribution is 2.30. The van der Waals surface area contributed by atoms with Gasteiger partial charge in [-0.1, -0.05) is 23.2 Å². The summed E-state index contributed by atoms with van der Waals surface area (Å²) in [5.41, 5.74) is 3.28. The van der Waals surface area contributed by atoms with Crippen molar-refractivity contribution in [1.82, 2.24) is 15.0 Å². The van der Waals surface area contributed by atoms with Crippen molar-refractivity contribution in [3.63, 3.8) is 0 Å². The molecule has 2 aliphatic rings. The lowest BCUT2D eigenvalue weighted by atomic mass is 10.1. The molecule has 2 aromatic rings. The number of anilines is 3. The first-order valence-electron chi connectivity index (χ1n) is 10.3. The summed E-state index contributed by atoms with van der Waals surface area (Å²) >= 11 is 12.0. The summed E-state index contributed by atoms with van der Waals surface area (Å²) in [6, 6.07) is 3.06. The monoisotopic (exact) mass is 449 g/mol. The Morgan fingerprint density at radius 1 is 0.867 bits per heavy atom. The SMILES string of the molecule is Oc1c(Cl)cc(Cl)cc1/C=N/Nc1nc(N2CCCCC2)nc(N2CCCCC2)n1. The maximum atomic E-state index is 10.1. The zero-order valence-electron chi connectivity index (χ0n) is 16.7. The van der Waals surface area contributed by atoms with Crippen LogP contribution >= 0.6 is 23.2 Å². The lowest BCUT2D eigenvalue weighted by Gasteiger charge is -2.30. The minimum Gasteiger partial charge on any atom is -0.506 e. The molecule has 0 atom stereocenters. The highest BCUT2D eigenvalue weighted by Gasteiger charge is 2.20. The molecule has 0 unspecified atom stereocenters. The van der Waals surface area contributed by atoms with E-state index in [-0.39, 0.29) is 10.8 Å². The molecule has 0 bridgehead atoms. The number of hydrogen-bond donors (Lipinski definition) is 2. The van der Waals surface area contributed by atoms with Crippen LogP contribution in [-0.4, -0.2) is 52.5 Å². The molecule has 160 valence electrons. The number of aromatic hydroxyl groups is 1. The first kappa shape index (κ1) is 20.9. The summed E-state index contributed by atoms with van der Waals surface area (Å²) in [6.45, 7) is 3.78. The Kier molecular flexibility index (Phi) is 6.74. The van der Waals surface area contributed by atoms with E-state index in [0.717, 1.165) is 51.9 Å². The van der Waals surface area contributed by atoms with Crippen LogP contribution in [-0.2, 0) is 0 Å². The molecule has 0 radical (unpaired) electrons. The summed E-state index contributed by atoms with van der Waals surface area (Å²) in [5, 5.41) is 14.9. The van der Waals surface area contributed by atoms with Gasteiger partial charge in [0.25, 0.3) is 0 Å². The second-order valence-electron chi connectivity index (χ2n) is 7.55. The largest absolute Gasteiger partial charge is 0.506 e. The van der Waals surface area contributed by atoms with Gasteiger partial charge in [-0.15, -0.1) is 0 Å². The fourth-order valence-corrected chi connectivity index (χ4v) is 4.23. The average Bonchev–Trinajstić information content (AvgIpc) is 2.78. The second kappa shape index (κ2) is 9.66. The molecule has 8 nitrogen and oxygen atoms in total. The molecule has 2 N–H and O–H groups in total. The molecule has 1 aromatic carbocycles. The van der Waals surface area contributed by atoms with Crippen LogP contribution in [0.4, 0.5) is 17.8 Å². The fraction of sp³-hybridized carbons (Fsp3) is 0.500. The van der Waals surface area contributed by atoms with Gasteiger partial charge in [-0.3, -0.25) is 0 Å². The van der Waals surface area contributed by atoms with Crippen molar-refractivity contribution in [2.75, 3.05) is 41.4 Å². The molecule has 2 saturated heterocycles. The van der Waals surface area contributed by atoms with Crippen LogP contribution in [0, 0.1) is 0 Å². The van der Waals surface area contributed by atoms with Crippen LogP contribution in [0.2, 0.25) is 10.0 Å². The van der Waals surface area contributed by atoms with Gasteiger partial charge >= 0.3 is 0 Å². The molecule has 0 saturated carbocycles. The van der Waals surface area contributed by atoms with Crippen molar-refractivity contribution in [3.8, 4) is 5.75 Å². The van der Waals surface area contributed by atoms with Gasteiger partial charge in [-0.25, -0.2) is 5.43 Å². The van der Waals surface area contributed by atoms with Gasteiger partial charge in [0.15, 0.2) is 0 Å². The zero-order chi connectivity index (χ0) is 20.9. The number of halogens is 2. The topological polar surface area (TPSA) is 89.8 Å². The van der Waals surface area contributed by atoms with Gasteiger partial charge in [0, 0.05) is 36.8 Å². The standard InChI is InChI=1S/C20H25Cl2N7O/c21-15-11-14(17(30)16(22)12-15)13-23-27-18-24-19(28-7-3-1-4-8-28)26-20(25-18)29-9-5-2-6-10-29/h11-13,30H,1-10H2,(H,24,25,26,27)/b23-13+. The van der Waals surface area contributed by atoms with Crippen molar-refractivity contribution in [3.05, 3.63) is 27.7 Å². The Balaban J connectivity index is 1.58. The lowest BCUT2D eigenvalue weighted by Crippen LogP contribution is -2.34. The number of benzene rings is 1. The molecule has 1 aromatic heterocycles. The van der Waals surface area contributed by atoms with Gasteiger partial charge in [0.05, 0.1) is 11.2 Å². The number of hydrazone groups is 1. The van der Waals surface area contributed by atoms with E-state index in [1.54, 1.807) is 6.07 Å². The first-order chi connectivity index (χ1) is 14.6. The third-order valence-corrected chi connectivity index (χ3v) is 5.82. The summed E-state index contributed by atoms with van der Waals surface area (Å²) in [5.74, 6) is 1.65. The molecule has 2 aliphatic heterocycles. The van der Waals surface area contributed by atoms with Crippen LogP contribution in [0.3, 0.4) is 0 Å². The van der Waals surface area contributed by atoms with Crippen LogP contribution in [0.5, 0.6) is 5.75 Å². The van der Waals surface area contributed by atoms with Crippen molar-refractivity contribution in [2.24, 2.45) is 5.10 Å². The first-order valence-corrected chi connectivity index (χ1v) is 11.1. The summed E-state index contributed by atoms with van der Waals surface area (Å²) in [4.78, 5) is 18.3. The fourth-order valence-electron chi connectivity index (χ4n) is 3.72. The van der Waals surface area contributed by atoms with Crippen LogP contribution in [0.25, 0.3) is 0 Å². The number of nitrogens with zero attached hydrogens (tertiary/aromatic N) is 6. The van der Waals surface area contributed by atoms with Crippen molar-refractivity contribution >= 4 is 47.3 Å². The summed E-state index contributed by atoms with van der Waals surface area (Å²) in [7, 11) is 0. The predicted molar refractivity (Wildman–Crippen MR) is 121 cm³/mol. The number of aromatic nitrogens is 3. The summed E-state index contributed by atoms with van der Waals surface area (Å²) in [6.07, 6.45) is 8.48. The zero-order valence-corrected chi connectivity index (χ0v) is 18.2. The molecule has 0 amide bonds. The van der Waals surface area contributed by atoms with E-state index in [0.29, 0.717) is 28.4 Å². The molecular weight excluding hydrogens is 425 g/mol. The molecule has 10 heteroatoms. The Labute approximate surface area is 185 Å². The van der Waals surface area contributed by atoms with Gasteiger partial charge in [-0.2, -0.15) is 20.1 Å². The van der Waals surface area contributed by atoms with Crippen LogP contribution < -0.4 is 15.2 Å². The number of rotatable bonds is 5. The van der Waals surface area contributed by atoms with E-state index in [9.17, 15) is 5.11 Å². The van der Waals surface area contributed by atoms with Crippen molar-refractivity contribution in [2.45, 2.75) is 38.5 Å². The number of hydrogen-bond acceptors (Lipinski definition) is 8. The second-order valence-corrected chi connectivity index (χ2v) is 8.39.